The molecular weight excluding hydrogens is 296 g/mol. The van der Waals surface area contributed by atoms with Gasteiger partial charge in [0.2, 0.25) is 5.91 Å². The molecule has 1 aliphatic carbocycles. The smallest absolute Gasteiger partial charge is 0.225 e. The van der Waals surface area contributed by atoms with Gasteiger partial charge in [-0.1, -0.05) is 60.7 Å². The van der Waals surface area contributed by atoms with Crippen LogP contribution in [0.25, 0.3) is 0 Å². The Morgan fingerprint density at radius 2 is 1.29 bits per heavy atom. The van der Waals surface area contributed by atoms with E-state index in [1.54, 1.807) is 0 Å². The van der Waals surface area contributed by atoms with Crippen LogP contribution in [0.3, 0.4) is 0 Å². The molecule has 0 aromatic heterocycles. The molecule has 3 heteroatoms. The Labute approximate surface area is 143 Å². The normalized spacial score (nSPS) is 18.8. The molecule has 2 aromatic rings. The number of piperazine rings is 1. The first-order valence-electron chi connectivity index (χ1n) is 8.95. The van der Waals surface area contributed by atoms with Gasteiger partial charge in [0.05, 0.1) is 6.04 Å². The molecule has 24 heavy (non-hydrogen) atoms. The summed E-state index contributed by atoms with van der Waals surface area (Å²) in [6, 6.07) is 21.7. The average Bonchev–Trinajstić information content (AvgIpc) is 3.49. The minimum absolute atomic E-state index is 0.269. The Bertz CT molecular complexity index is 634. The Morgan fingerprint density at radius 1 is 0.792 bits per heavy atom. The van der Waals surface area contributed by atoms with Crippen LogP contribution in [0.5, 0.6) is 0 Å². The van der Waals surface area contributed by atoms with E-state index in [4.69, 9.17) is 0 Å². The van der Waals surface area contributed by atoms with Crippen molar-refractivity contribution >= 4 is 5.91 Å². The van der Waals surface area contributed by atoms with Gasteiger partial charge in [-0.25, -0.2) is 0 Å². The van der Waals surface area contributed by atoms with Gasteiger partial charge >= 0.3 is 0 Å². The lowest BCUT2D eigenvalue weighted by Gasteiger charge is -2.40. The van der Waals surface area contributed by atoms with Crippen molar-refractivity contribution in [3.63, 3.8) is 0 Å². The van der Waals surface area contributed by atoms with Crippen molar-refractivity contribution in [2.45, 2.75) is 18.9 Å². The molecule has 1 saturated carbocycles. The van der Waals surface area contributed by atoms with Crippen LogP contribution >= 0.6 is 0 Å². The summed E-state index contributed by atoms with van der Waals surface area (Å²) in [6.07, 6.45) is 2.19. The number of amides is 1. The van der Waals surface area contributed by atoms with Crippen LogP contribution in [0.2, 0.25) is 0 Å². The Kier molecular flexibility index (Phi) is 4.35. The van der Waals surface area contributed by atoms with E-state index in [1.165, 1.54) is 11.1 Å². The van der Waals surface area contributed by atoms with Crippen LogP contribution in [0.4, 0.5) is 0 Å². The summed E-state index contributed by atoms with van der Waals surface area (Å²) in [5, 5.41) is 0. The number of nitrogens with zero attached hydrogens (tertiary/aromatic N) is 2. The fraction of sp³-hybridized carbons (Fsp3) is 0.381. The van der Waals surface area contributed by atoms with Crippen molar-refractivity contribution in [3.05, 3.63) is 71.8 Å². The second-order valence-corrected chi connectivity index (χ2v) is 6.86. The van der Waals surface area contributed by atoms with E-state index in [1.807, 2.05) is 0 Å². The van der Waals surface area contributed by atoms with Gasteiger partial charge in [-0.2, -0.15) is 0 Å². The van der Waals surface area contributed by atoms with Crippen LogP contribution in [0.1, 0.15) is 30.0 Å². The number of rotatable bonds is 4. The molecule has 1 saturated heterocycles. The Morgan fingerprint density at radius 3 is 1.75 bits per heavy atom. The van der Waals surface area contributed by atoms with Gasteiger partial charge < -0.3 is 4.90 Å². The SMILES string of the molecule is O=C(C1CC1)N1CCN(C(c2ccccc2)c2ccccc2)CC1. The van der Waals surface area contributed by atoms with E-state index in [9.17, 15) is 4.79 Å². The number of carbonyl (C=O) groups is 1. The van der Waals surface area contributed by atoms with Gasteiger partial charge in [-0.3, -0.25) is 9.69 Å². The summed E-state index contributed by atoms with van der Waals surface area (Å²) >= 11 is 0. The van der Waals surface area contributed by atoms with Gasteiger partial charge in [0, 0.05) is 32.1 Å². The molecule has 1 heterocycles. The third-order valence-electron chi connectivity index (χ3n) is 5.15. The average molecular weight is 320 g/mol. The number of benzene rings is 2. The highest BCUT2D eigenvalue weighted by Crippen LogP contribution is 2.33. The Hall–Kier alpha value is -2.13. The zero-order chi connectivity index (χ0) is 16.4. The Balaban J connectivity index is 1.53. The van der Waals surface area contributed by atoms with Crippen LogP contribution in [-0.4, -0.2) is 41.9 Å². The molecule has 124 valence electrons. The molecule has 0 radical (unpaired) electrons. The summed E-state index contributed by atoms with van der Waals surface area (Å²) in [6.45, 7) is 3.58. The van der Waals surface area contributed by atoms with Crippen molar-refractivity contribution in [2.75, 3.05) is 26.2 Å². The molecule has 0 bridgehead atoms. The maximum absolute atomic E-state index is 12.3. The standard InChI is InChI=1S/C21H24N2O/c24-21(19-11-12-19)23-15-13-22(14-16-23)20(17-7-3-1-4-8-17)18-9-5-2-6-10-18/h1-10,19-20H,11-16H2. The van der Waals surface area contributed by atoms with Crippen molar-refractivity contribution in [2.24, 2.45) is 5.92 Å². The van der Waals surface area contributed by atoms with E-state index in [-0.39, 0.29) is 6.04 Å². The van der Waals surface area contributed by atoms with Gasteiger partial charge in [0.15, 0.2) is 0 Å². The van der Waals surface area contributed by atoms with E-state index < -0.39 is 0 Å². The van der Waals surface area contributed by atoms with E-state index in [2.05, 4.69) is 70.5 Å². The monoisotopic (exact) mass is 320 g/mol. The minimum Gasteiger partial charge on any atom is -0.340 e. The molecule has 1 aliphatic heterocycles. The summed E-state index contributed by atoms with van der Waals surface area (Å²) < 4.78 is 0. The molecule has 0 N–H and O–H groups in total. The largest absolute Gasteiger partial charge is 0.340 e. The predicted molar refractivity (Wildman–Crippen MR) is 95.6 cm³/mol. The molecule has 2 aliphatic rings. The molecule has 2 fully saturated rings. The lowest BCUT2D eigenvalue weighted by atomic mass is 9.96. The van der Waals surface area contributed by atoms with E-state index >= 15 is 0 Å². The summed E-state index contributed by atoms with van der Waals surface area (Å²) in [4.78, 5) is 16.9. The van der Waals surface area contributed by atoms with Crippen molar-refractivity contribution in [1.82, 2.24) is 9.80 Å². The molecule has 1 amide bonds. The summed E-state index contributed by atoms with van der Waals surface area (Å²) in [5.74, 6) is 0.709. The van der Waals surface area contributed by atoms with Crippen LogP contribution in [0.15, 0.2) is 60.7 Å². The molecule has 0 atom stereocenters. The van der Waals surface area contributed by atoms with Crippen LogP contribution in [0, 0.1) is 5.92 Å². The van der Waals surface area contributed by atoms with Crippen molar-refractivity contribution < 1.29 is 4.79 Å². The maximum Gasteiger partial charge on any atom is 0.225 e. The highest BCUT2D eigenvalue weighted by atomic mass is 16.2. The van der Waals surface area contributed by atoms with Gasteiger partial charge in [-0.15, -0.1) is 0 Å². The fourth-order valence-electron chi connectivity index (χ4n) is 3.67. The predicted octanol–water partition coefficient (Wildman–Crippen LogP) is 3.33. The molecular formula is C21H24N2O. The number of carbonyl (C=O) groups excluding carboxylic acids is 1. The van der Waals surface area contributed by atoms with Gasteiger partial charge in [0.1, 0.15) is 0 Å². The maximum atomic E-state index is 12.3. The number of hydrogen-bond donors (Lipinski definition) is 0. The number of hydrogen-bond acceptors (Lipinski definition) is 2. The second-order valence-electron chi connectivity index (χ2n) is 6.86. The lowest BCUT2D eigenvalue weighted by Crippen LogP contribution is -2.50. The van der Waals surface area contributed by atoms with Crippen molar-refractivity contribution in [1.29, 1.82) is 0 Å². The molecule has 2 aromatic carbocycles. The van der Waals surface area contributed by atoms with E-state index in [0.717, 1.165) is 39.0 Å². The zero-order valence-corrected chi connectivity index (χ0v) is 14.0. The van der Waals surface area contributed by atoms with Gasteiger partial charge in [-0.05, 0) is 24.0 Å². The van der Waals surface area contributed by atoms with Crippen molar-refractivity contribution in [3.8, 4) is 0 Å². The lowest BCUT2D eigenvalue weighted by molar-refractivity contribution is -0.134. The summed E-state index contributed by atoms with van der Waals surface area (Å²) in [5.41, 5.74) is 2.65. The van der Waals surface area contributed by atoms with Gasteiger partial charge in [0.25, 0.3) is 0 Å². The highest BCUT2D eigenvalue weighted by Gasteiger charge is 2.35. The first kappa shape index (κ1) is 15.4. The first-order valence-corrected chi connectivity index (χ1v) is 8.95. The van der Waals surface area contributed by atoms with Crippen LogP contribution in [-0.2, 0) is 4.79 Å². The van der Waals surface area contributed by atoms with Crippen LogP contribution < -0.4 is 0 Å². The third kappa shape index (κ3) is 3.22. The van der Waals surface area contributed by atoms with E-state index in [0.29, 0.717) is 11.8 Å². The quantitative estimate of drug-likeness (QED) is 0.863. The fourth-order valence-corrected chi connectivity index (χ4v) is 3.67. The molecule has 0 spiro atoms. The minimum atomic E-state index is 0.269. The second kappa shape index (κ2) is 6.78. The third-order valence-corrected chi connectivity index (χ3v) is 5.15. The summed E-state index contributed by atoms with van der Waals surface area (Å²) in [7, 11) is 0. The topological polar surface area (TPSA) is 23.6 Å². The molecule has 3 nitrogen and oxygen atoms in total. The first-order chi connectivity index (χ1) is 11.8. The molecule has 0 unspecified atom stereocenters. The molecule has 4 rings (SSSR count). The highest BCUT2D eigenvalue weighted by molar-refractivity contribution is 5.81. The zero-order valence-electron chi connectivity index (χ0n) is 14.0.